The molecule has 1 unspecified atom stereocenters. The molecule has 3 aromatic heterocycles. The van der Waals surface area contributed by atoms with E-state index in [0.717, 1.165) is 48.7 Å². The second kappa shape index (κ2) is 7.04. The summed E-state index contributed by atoms with van der Waals surface area (Å²) in [5.41, 5.74) is 4.32. The van der Waals surface area contributed by atoms with Crippen LogP contribution in [0.3, 0.4) is 0 Å². The van der Waals surface area contributed by atoms with Gasteiger partial charge in [-0.3, -0.25) is 9.88 Å². The highest BCUT2D eigenvalue weighted by atomic mass is 15.2. The van der Waals surface area contributed by atoms with Crippen LogP contribution in [0.2, 0.25) is 0 Å². The van der Waals surface area contributed by atoms with Gasteiger partial charge in [-0.25, -0.2) is 4.98 Å². The van der Waals surface area contributed by atoms with Crippen LogP contribution in [0.1, 0.15) is 42.4 Å². The summed E-state index contributed by atoms with van der Waals surface area (Å²) in [5.74, 6) is 0. The molecule has 126 valence electrons. The Morgan fingerprint density at radius 3 is 3.00 bits per heavy atom. The van der Waals surface area contributed by atoms with Gasteiger partial charge >= 0.3 is 0 Å². The van der Waals surface area contributed by atoms with Gasteiger partial charge in [0, 0.05) is 37.5 Å². The third-order valence-electron chi connectivity index (χ3n) is 4.88. The van der Waals surface area contributed by atoms with E-state index in [1.807, 2.05) is 24.4 Å². The van der Waals surface area contributed by atoms with Gasteiger partial charge in [-0.15, -0.1) is 0 Å². The van der Waals surface area contributed by atoms with Crippen LogP contribution in [0.5, 0.6) is 0 Å². The van der Waals surface area contributed by atoms with E-state index in [2.05, 4.69) is 44.7 Å². The van der Waals surface area contributed by atoms with E-state index in [9.17, 15) is 0 Å². The van der Waals surface area contributed by atoms with E-state index in [1.54, 1.807) is 0 Å². The molecular weight excluding hydrogens is 310 g/mol. The van der Waals surface area contributed by atoms with Crippen LogP contribution in [-0.4, -0.2) is 25.8 Å². The molecule has 0 spiro atoms. The summed E-state index contributed by atoms with van der Waals surface area (Å²) in [6, 6.07) is 14.9. The van der Waals surface area contributed by atoms with Crippen LogP contribution in [0.4, 0.5) is 0 Å². The maximum Gasteiger partial charge on any atom is 0.137 e. The molecule has 0 aliphatic carbocycles. The largest absolute Gasteiger partial charge is 0.304 e. The highest BCUT2D eigenvalue weighted by Gasteiger charge is 2.27. The SMILES string of the molecule is N#CCCc1cccc2nc(CN3CCCC3c3ccccn3)cn12. The van der Waals surface area contributed by atoms with E-state index >= 15 is 0 Å². The highest BCUT2D eigenvalue weighted by molar-refractivity contribution is 5.42. The fraction of sp³-hybridized carbons (Fsp3) is 0.350. The van der Waals surface area contributed by atoms with Gasteiger partial charge in [0.25, 0.3) is 0 Å². The molecular formula is C20H21N5. The minimum Gasteiger partial charge on any atom is -0.304 e. The Morgan fingerprint density at radius 2 is 2.16 bits per heavy atom. The summed E-state index contributed by atoms with van der Waals surface area (Å²) in [6.07, 6.45) is 7.62. The van der Waals surface area contributed by atoms with Gasteiger partial charge in [0.15, 0.2) is 0 Å². The molecule has 0 bridgehead atoms. The molecule has 0 N–H and O–H groups in total. The number of hydrogen-bond acceptors (Lipinski definition) is 4. The first-order valence-electron chi connectivity index (χ1n) is 8.83. The maximum atomic E-state index is 8.84. The van der Waals surface area contributed by atoms with Gasteiger partial charge < -0.3 is 4.40 Å². The van der Waals surface area contributed by atoms with E-state index in [4.69, 9.17) is 10.2 Å². The molecule has 4 rings (SSSR count). The quantitative estimate of drug-likeness (QED) is 0.718. The van der Waals surface area contributed by atoms with Crippen molar-refractivity contribution in [1.82, 2.24) is 19.3 Å². The number of aromatic nitrogens is 3. The van der Waals surface area contributed by atoms with Gasteiger partial charge in [0.05, 0.1) is 23.5 Å². The molecule has 0 aromatic carbocycles. The lowest BCUT2D eigenvalue weighted by atomic mass is 10.1. The summed E-state index contributed by atoms with van der Waals surface area (Å²) in [4.78, 5) is 11.8. The minimum atomic E-state index is 0.379. The number of rotatable bonds is 5. The molecule has 0 amide bonds. The molecule has 1 aliphatic heterocycles. The number of likely N-dealkylation sites (tertiary alicyclic amines) is 1. The van der Waals surface area contributed by atoms with Crippen LogP contribution in [-0.2, 0) is 13.0 Å². The maximum absolute atomic E-state index is 8.84. The molecule has 0 radical (unpaired) electrons. The van der Waals surface area contributed by atoms with Crippen LogP contribution >= 0.6 is 0 Å². The van der Waals surface area contributed by atoms with Gasteiger partial charge in [0.1, 0.15) is 5.65 Å². The molecule has 1 atom stereocenters. The summed E-state index contributed by atoms with van der Waals surface area (Å²) in [5, 5.41) is 8.84. The zero-order chi connectivity index (χ0) is 17.1. The van der Waals surface area contributed by atoms with Crippen molar-refractivity contribution in [1.29, 1.82) is 5.26 Å². The van der Waals surface area contributed by atoms with Gasteiger partial charge in [-0.05, 0) is 43.7 Å². The van der Waals surface area contributed by atoms with Crippen molar-refractivity contribution < 1.29 is 0 Å². The first-order chi connectivity index (χ1) is 12.3. The smallest absolute Gasteiger partial charge is 0.137 e. The van der Waals surface area contributed by atoms with Gasteiger partial charge in [0.2, 0.25) is 0 Å². The zero-order valence-electron chi connectivity index (χ0n) is 14.2. The standard InChI is InChI=1S/C20H21N5/c21-11-4-7-17-6-3-10-20-23-16(15-25(17)20)14-24-13-5-9-19(24)18-8-1-2-12-22-18/h1-3,6,8,10,12,15,19H,4-5,7,9,13-14H2. The van der Waals surface area contributed by atoms with E-state index in [1.165, 1.54) is 6.42 Å². The van der Waals surface area contributed by atoms with E-state index in [-0.39, 0.29) is 0 Å². The number of pyridine rings is 2. The first kappa shape index (κ1) is 15.8. The first-order valence-corrected chi connectivity index (χ1v) is 8.83. The average molecular weight is 331 g/mol. The lowest BCUT2D eigenvalue weighted by Gasteiger charge is -2.22. The van der Waals surface area contributed by atoms with E-state index < -0.39 is 0 Å². The van der Waals surface area contributed by atoms with Crippen LogP contribution in [0.25, 0.3) is 5.65 Å². The number of nitrogens with zero attached hydrogens (tertiary/aromatic N) is 5. The molecule has 3 aromatic rings. The Morgan fingerprint density at radius 1 is 1.20 bits per heavy atom. The number of nitriles is 1. The second-order valence-corrected chi connectivity index (χ2v) is 6.52. The summed E-state index contributed by atoms with van der Waals surface area (Å²) >= 11 is 0. The number of aryl methyl sites for hydroxylation is 1. The minimum absolute atomic E-state index is 0.379. The van der Waals surface area contributed by atoms with E-state index in [0.29, 0.717) is 12.5 Å². The molecule has 5 nitrogen and oxygen atoms in total. The highest BCUT2D eigenvalue weighted by Crippen LogP contribution is 2.31. The average Bonchev–Trinajstić information content (AvgIpc) is 3.27. The number of hydrogen-bond donors (Lipinski definition) is 0. The number of imidazole rings is 1. The predicted octanol–water partition coefficient (Wildman–Crippen LogP) is 3.52. The summed E-state index contributed by atoms with van der Waals surface area (Å²) in [7, 11) is 0. The van der Waals surface area contributed by atoms with Crippen molar-refractivity contribution in [3.8, 4) is 6.07 Å². The van der Waals surface area contributed by atoms with Gasteiger partial charge in [-0.2, -0.15) is 5.26 Å². The predicted molar refractivity (Wildman–Crippen MR) is 95.7 cm³/mol. The third-order valence-corrected chi connectivity index (χ3v) is 4.88. The summed E-state index contributed by atoms with van der Waals surface area (Å²) in [6.45, 7) is 1.91. The Labute approximate surface area is 147 Å². The molecule has 25 heavy (non-hydrogen) atoms. The van der Waals surface area contributed by atoms with Crippen molar-refractivity contribution in [2.75, 3.05) is 6.54 Å². The topological polar surface area (TPSA) is 57.2 Å². The Kier molecular flexibility index (Phi) is 4.45. The molecule has 1 aliphatic rings. The van der Waals surface area contributed by atoms with Crippen LogP contribution < -0.4 is 0 Å². The normalized spacial score (nSPS) is 17.8. The molecule has 5 heteroatoms. The van der Waals surface area contributed by atoms with Crippen LogP contribution in [0, 0.1) is 11.3 Å². The van der Waals surface area contributed by atoms with Crippen molar-refractivity contribution in [3.05, 3.63) is 65.9 Å². The van der Waals surface area contributed by atoms with Crippen molar-refractivity contribution in [2.45, 2.75) is 38.3 Å². The van der Waals surface area contributed by atoms with Crippen LogP contribution in [0.15, 0.2) is 48.8 Å². The fourth-order valence-electron chi connectivity index (χ4n) is 3.71. The molecule has 0 saturated carbocycles. The zero-order valence-corrected chi connectivity index (χ0v) is 14.2. The Hall–Kier alpha value is -2.71. The molecule has 1 saturated heterocycles. The lowest BCUT2D eigenvalue weighted by Crippen LogP contribution is -2.23. The lowest BCUT2D eigenvalue weighted by molar-refractivity contribution is 0.242. The van der Waals surface area contributed by atoms with Crippen molar-refractivity contribution in [2.24, 2.45) is 0 Å². The van der Waals surface area contributed by atoms with Crippen molar-refractivity contribution >= 4 is 5.65 Å². The van der Waals surface area contributed by atoms with Gasteiger partial charge in [-0.1, -0.05) is 12.1 Å². The summed E-state index contributed by atoms with van der Waals surface area (Å²) < 4.78 is 2.12. The fourth-order valence-corrected chi connectivity index (χ4v) is 3.71. The molecule has 1 fully saturated rings. The second-order valence-electron chi connectivity index (χ2n) is 6.52. The molecule has 4 heterocycles. The van der Waals surface area contributed by atoms with Crippen molar-refractivity contribution in [3.63, 3.8) is 0 Å². The Bertz CT molecular complexity index is 893. The monoisotopic (exact) mass is 331 g/mol. The Balaban J connectivity index is 1.57. The third kappa shape index (κ3) is 3.26. The number of fused-ring (bicyclic) bond motifs is 1.